The third-order valence-corrected chi connectivity index (χ3v) is 6.40. The number of thioether (sulfide) groups is 1. The van der Waals surface area contributed by atoms with Gasteiger partial charge in [0, 0.05) is 10.8 Å². The Bertz CT molecular complexity index is 1150. The summed E-state index contributed by atoms with van der Waals surface area (Å²) in [6.07, 6.45) is 0. The van der Waals surface area contributed by atoms with E-state index in [0.29, 0.717) is 26.9 Å². The van der Waals surface area contributed by atoms with E-state index in [2.05, 4.69) is 0 Å². The molecule has 2 amide bonds. The second-order valence-electron chi connectivity index (χ2n) is 7.22. The van der Waals surface area contributed by atoms with E-state index in [0.717, 1.165) is 22.3 Å². The minimum absolute atomic E-state index is 0.304. The summed E-state index contributed by atoms with van der Waals surface area (Å²) in [5, 5.41) is 0.485. The number of halogens is 1. The van der Waals surface area contributed by atoms with E-state index in [1.165, 1.54) is 16.7 Å². The van der Waals surface area contributed by atoms with Gasteiger partial charge in [0.1, 0.15) is 0 Å². The van der Waals surface area contributed by atoms with E-state index < -0.39 is 0 Å². The normalized spacial score (nSPS) is 14.0. The van der Waals surface area contributed by atoms with Crippen molar-refractivity contribution in [2.24, 2.45) is 0 Å². The summed E-state index contributed by atoms with van der Waals surface area (Å²) in [4.78, 5) is 28.6. The lowest BCUT2D eigenvalue weighted by atomic mass is 10.0. The van der Waals surface area contributed by atoms with Crippen LogP contribution in [0.25, 0.3) is 5.57 Å². The Hall–Kier alpha value is -2.82. The molecule has 1 heterocycles. The lowest BCUT2D eigenvalue weighted by molar-refractivity contribution is -0.119. The van der Waals surface area contributed by atoms with Crippen molar-refractivity contribution in [1.82, 2.24) is 0 Å². The molecule has 0 saturated carbocycles. The molecule has 0 spiro atoms. The van der Waals surface area contributed by atoms with Gasteiger partial charge in [0.2, 0.25) is 0 Å². The predicted molar refractivity (Wildman–Crippen MR) is 125 cm³/mol. The first-order chi connectivity index (χ1) is 14.5. The highest BCUT2D eigenvalue weighted by molar-refractivity contribution is 8.03. The fraction of sp³-hybridized carbons (Fsp3) is 0.120. The summed E-state index contributed by atoms with van der Waals surface area (Å²) >= 11 is 7.57. The molecular weight excluding hydrogens is 414 g/mol. The SMILES string of the molecule is Cc1ccc(C2=C(SCc3ccccc3)C(=O)N(c3cc(Cl)ccc3C)C2=O)cc1. The molecule has 3 aromatic carbocycles. The Balaban J connectivity index is 1.77. The maximum Gasteiger partial charge on any atom is 0.272 e. The average Bonchev–Trinajstić information content (AvgIpc) is 2.99. The van der Waals surface area contributed by atoms with E-state index in [1.807, 2.05) is 74.5 Å². The molecule has 0 atom stereocenters. The van der Waals surface area contributed by atoms with E-state index in [-0.39, 0.29) is 11.8 Å². The average molecular weight is 434 g/mol. The number of anilines is 1. The maximum absolute atomic E-state index is 13.5. The molecule has 0 unspecified atom stereocenters. The van der Waals surface area contributed by atoms with Gasteiger partial charge in [0.25, 0.3) is 11.8 Å². The van der Waals surface area contributed by atoms with E-state index in [9.17, 15) is 9.59 Å². The topological polar surface area (TPSA) is 37.4 Å². The minimum atomic E-state index is -0.315. The molecule has 5 heteroatoms. The largest absolute Gasteiger partial charge is 0.272 e. The van der Waals surface area contributed by atoms with Gasteiger partial charge in [-0.2, -0.15) is 0 Å². The van der Waals surface area contributed by atoms with Crippen LogP contribution < -0.4 is 4.90 Å². The van der Waals surface area contributed by atoms with Crippen LogP contribution in [0.1, 0.15) is 22.3 Å². The smallest absolute Gasteiger partial charge is 0.268 e. The monoisotopic (exact) mass is 433 g/mol. The van der Waals surface area contributed by atoms with Crippen LogP contribution in [0.2, 0.25) is 5.02 Å². The van der Waals surface area contributed by atoms with E-state index >= 15 is 0 Å². The number of amides is 2. The third-order valence-electron chi connectivity index (χ3n) is 5.02. The van der Waals surface area contributed by atoms with Crippen LogP contribution in [-0.4, -0.2) is 11.8 Å². The summed E-state index contributed by atoms with van der Waals surface area (Å²) in [7, 11) is 0. The molecule has 150 valence electrons. The van der Waals surface area contributed by atoms with Crippen LogP contribution in [0, 0.1) is 13.8 Å². The molecule has 0 saturated heterocycles. The molecule has 0 bridgehead atoms. The summed E-state index contributed by atoms with van der Waals surface area (Å²) in [5.74, 6) is -0.0147. The Morgan fingerprint density at radius 3 is 2.27 bits per heavy atom. The zero-order chi connectivity index (χ0) is 21.3. The number of carbonyl (C=O) groups excluding carboxylic acids is 2. The molecule has 3 aromatic rings. The van der Waals surface area contributed by atoms with Crippen LogP contribution >= 0.6 is 23.4 Å². The second kappa shape index (κ2) is 8.50. The highest BCUT2D eigenvalue weighted by Crippen LogP contribution is 2.41. The van der Waals surface area contributed by atoms with Gasteiger partial charge in [0.05, 0.1) is 16.2 Å². The molecule has 0 fully saturated rings. The fourth-order valence-corrected chi connectivity index (χ4v) is 4.62. The molecule has 4 rings (SSSR count). The van der Waals surface area contributed by atoms with Crippen molar-refractivity contribution in [3.8, 4) is 0 Å². The fourth-order valence-electron chi connectivity index (χ4n) is 3.39. The Labute approximate surface area is 185 Å². The Morgan fingerprint density at radius 2 is 1.57 bits per heavy atom. The first kappa shape index (κ1) is 20.5. The maximum atomic E-state index is 13.5. The molecule has 0 radical (unpaired) electrons. The van der Waals surface area contributed by atoms with Gasteiger partial charge in [-0.3, -0.25) is 9.59 Å². The number of aryl methyl sites for hydroxylation is 2. The summed E-state index contributed by atoms with van der Waals surface area (Å²) in [5.41, 5.74) is 4.72. The van der Waals surface area contributed by atoms with Crippen molar-refractivity contribution in [3.05, 3.63) is 105 Å². The molecule has 0 aliphatic carbocycles. The van der Waals surface area contributed by atoms with Crippen molar-refractivity contribution in [1.29, 1.82) is 0 Å². The lowest BCUT2D eigenvalue weighted by Gasteiger charge is -2.18. The Kier molecular flexibility index (Phi) is 5.80. The molecule has 1 aliphatic heterocycles. The predicted octanol–water partition coefficient (Wildman–Crippen LogP) is 6.17. The number of carbonyl (C=O) groups is 2. The summed E-state index contributed by atoms with van der Waals surface area (Å²) < 4.78 is 0. The van der Waals surface area contributed by atoms with Crippen LogP contribution in [-0.2, 0) is 15.3 Å². The van der Waals surface area contributed by atoms with Gasteiger partial charge < -0.3 is 0 Å². The molecular formula is C25H20ClNO2S. The van der Waals surface area contributed by atoms with Crippen molar-refractivity contribution in [2.75, 3.05) is 4.90 Å². The van der Waals surface area contributed by atoms with Gasteiger partial charge in [0.15, 0.2) is 0 Å². The highest BCUT2D eigenvalue weighted by Gasteiger charge is 2.40. The van der Waals surface area contributed by atoms with Crippen LogP contribution in [0.4, 0.5) is 5.69 Å². The number of hydrogen-bond acceptors (Lipinski definition) is 3. The number of hydrogen-bond donors (Lipinski definition) is 0. The molecule has 0 aromatic heterocycles. The number of imide groups is 1. The van der Waals surface area contributed by atoms with Gasteiger partial charge >= 0.3 is 0 Å². The van der Waals surface area contributed by atoms with Gasteiger partial charge in [-0.05, 0) is 42.7 Å². The third kappa shape index (κ3) is 3.93. The number of rotatable bonds is 5. The van der Waals surface area contributed by atoms with Crippen molar-refractivity contribution >= 4 is 46.4 Å². The van der Waals surface area contributed by atoms with Gasteiger partial charge in [-0.1, -0.05) is 77.8 Å². The van der Waals surface area contributed by atoms with Gasteiger partial charge in [-0.15, -0.1) is 11.8 Å². The van der Waals surface area contributed by atoms with Gasteiger partial charge in [-0.25, -0.2) is 4.90 Å². The molecule has 3 nitrogen and oxygen atoms in total. The quantitative estimate of drug-likeness (QED) is 0.451. The second-order valence-corrected chi connectivity index (χ2v) is 8.64. The van der Waals surface area contributed by atoms with Crippen LogP contribution in [0.15, 0.2) is 77.7 Å². The van der Waals surface area contributed by atoms with E-state index in [4.69, 9.17) is 11.6 Å². The zero-order valence-electron chi connectivity index (χ0n) is 16.7. The molecule has 1 aliphatic rings. The number of benzene rings is 3. The highest BCUT2D eigenvalue weighted by atomic mass is 35.5. The van der Waals surface area contributed by atoms with Crippen molar-refractivity contribution < 1.29 is 9.59 Å². The first-order valence-electron chi connectivity index (χ1n) is 9.58. The van der Waals surface area contributed by atoms with Crippen molar-refractivity contribution in [2.45, 2.75) is 19.6 Å². The Morgan fingerprint density at radius 1 is 0.867 bits per heavy atom. The standard InChI is InChI=1S/C25H20ClNO2S/c1-16-8-11-19(12-9-16)22-23(30-15-18-6-4-3-5-7-18)25(29)27(24(22)28)21-14-20(26)13-10-17(21)2/h3-14H,15H2,1-2H3. The first-order valence-corrected chi connectivity index (χ1v) is 10.9. The molecule has 0 N–H and O–H groups in total. The minimum Gasteiger partial charge on any atom is -0.268 e. The lowest BCUT2D eigenvalue weighted by Crippen LogP contribution is -2.32. The van der Waals surface area contributed by atoms with Crippen LogP contribution in [0.5, 0.6) is 0 Å². The van der Waals surface area contributed by atoms with Crippen molar-refractivity contribution in [3.63, 3.8) is 0 Å². The van der Waals surface area contributed by atoms with E-state index in [1.54, 1.807) is 12.1 Å². The summed E-state index contributed by atoms with van der Waals surface area (Å²) in [6.45, 7) is 3.86. The van der Waals surface area contributed by atoms with Crippen LogP contribution in [0.3, 0.4) is 0 Å². The zero-order valence-corrected chi connectivity index (χ0v) is 18.3. The molecule has 30 heavy (non-hydrogen) atoms. The number of nitrogens with zero attached hydrogens (tertiary/aromatic N) is 1. The summed E-state index contributed by atoms with van der Waals surface area (Å²) in [6, 6.07) is 22.9.